The van der Waals surface area contributed by atoms with Crippen molar-refractivity contribution in [1.29, 1.82) is 0 Å². The maximum absolute atomic E-state index is 13.9. The van der Waals surface area contributed by atoms with E-state index in [1.807, 2.05) is 25.7 Å². The summed E-state index contributed by atoms with van der Waals surface area (Å²) in [5.41, 5.74) is -0.181. The van der Waals surface area contributed by atoms with Crippen molar-refractivity contribution in [3.8, 4) is 0 Å². The molecule has 7 rings (SSSR count). The van der Waals surface area contributed by atoms with Crippen LogP contribution in [-0.2, 0) is 18.8 Å². The highest BCUT2D eigenvalue weighted by atomic mass is 16.7. The molecule has 0 N–H and O–H groups in total. The number of ether oxygens (including phenoxy) is 1. The largest absolute Gasteiger partial charge is 0.457 e. The fourth-order valence-corrected chi connectivity index (χ4v) is 9.00. The average Bonchev–Trinajstić information content (AvgIpc) is 3.35. The van der Waals surface area contributed by atoms with Gasteiger partial charge in [0.2, 0.25) is 0 Å². The van der Waals surface area contributed by atoms with E-state index in [2.05, 4.69) is 20.8 Å². The van der Waals surface area contributed by atoms with E-state index >= 15 is 0 Å². The van der Waals surface area contributed by atoms with Crippen LogP contribution in [0.15, 0.2) is 0 Å². The molecule has 0 radical (unpaired) electrons. The summed E-state index contributed by atoms with van der Waals surface area (Å²) in [4.78, 5) is 29.1. The van der Waals surface area contributed by atoms with Crippen molar-refractivity contribution >= 4 is 19.0 Å². The van der Waals surface area contributed by atoms with Gasteiger partial charge in [0.25, 0.3) is 0 Å². The van der Waals surface area contributed by atoms with Crippen LogP contribution in [-0.4, -0.2) is 54.3 Å². The number of hydrogen-bond donors (Lipinski definition) is 0. The molecule has 0 spiro atoms. The monoisotopic (exact) mass is 527 g/mol. The van der Waals surface area contributed by atoms with Crippen molar-refractivity contribution in [2.24, 2.45) is 46.8 Å². The molecule has 2 saturated heterocycles. The Labute approximate surface area is 230 Å². The number of nitrogens with zero attached hydrogens (tertiary/aromatic N) is 1. The quantitative estimate of drug-likeness (QED) is 0.360. The lowest BCUT2D eigenvalue weighted by Crippen LogP contribution is -2.59. The van der Waals surface area contributed by atoms with Crippen LogP contribution in [0.1, 0.15) is 99.3 Å². The van der Waals surface area contributed by atoms with Crippen molar-refractivity contribution in [2.45, 2.75) is 130 Å². The lowest BCUT2D eigenvalue weighted by Gasteiger charge is -2.60. The SMILES string of the molecule is CC1CC([C@H]2CN(C(=O)OC(C)(C)C)C(C(=O)C3CCC3)C2CCCB2OC3CC4CC(C3O2)C4(C)C)C1. The molecule has 7 aliphatic rings. The number of amides is 1. The fourth-order valence-electron chi connectivity index (χ4n) is 9.00. The molecule has 6 nitrogen and oxygen atoms in total. The first-order chi connectivity index (χ1) is 17.9. The molecule has 2 aliphatic heterocycles. The molecule has 7 atom stereocenters. The normalized spacial score (nSPS) is 41.7. The van der Waals surface area contributed by atoms with E-state index in [4.69, 9.17) is 14.0 Å². The maximum Gasteiger partial charge on any atom is 0.457 e. The Kier molecular flexibility index (Phi) is 6.98. The van der Waals surface area contributed by atoms with Crippen molar-refractivity contribution in [1.82, 2.24) is 4.90 Å². The minimum atomic E-state index is -0.567. The predicted octanol–water partition coefficient (Wildman–Crippen LogP) is 6.37. The van der Waals surface area contributed by atoms with Crippen molar-refractivity contribution < 1.29 is 23.6 Å². The molecule has 212 valence electrons. The van der Waals surface area contributed by atoms with Gasteiger partial charge < -0.3 is 14.0 Å². The van der Waals surface area contributed by atoms with E-state index in [0.717, 1.165) is 56.7 Å². The van der Waals surface area contributed by atoms with Gasteiger partial charge >= 0.3 is 13.2 Å². The van der Waals surface area contributed by atoms with Gasteiger partial charge in [-0.2, -0.15) is 0 Å². The number of rotatable bonds is 7. The number of carbonyl (C=O) groups excluding carboxylic acids is 2. The lowest BCUT2D eigenvalue weighted by atomic mass is 9.47. The minimum Gasteiger partial charge on any atom is -0.444 e. The molecule has 38 heavy (non-hydrogen) atoms. The van der Waals surface area contributed by atoms with Gasteiger partial charge in [-0.25, -0.2) is 4.79 Å². The predicted molar refractivity (Wildman–Crippen MR) is 147 cm³/mol. The second-order valence-electron chi connectivity index (χ2n) is 15.5. The Morgan fingerprint density at radius 2 is 1.82 bits per heavy atom. The molecule has 5 saturated carbocycles. The molecule has 6 unspecified atom stereocenters. The van der Waals surface area contributed by atoms with E-state index in [1.165, 1.54) is 19.3 Å². The molecule has 0 aromatic carbocycles. The summed E-state index contributed by atoms with van der Waals surface area (Å²) < 4.78 is 18.8. The number of ketones is 1. The summed E-state index contributed by atoms with van der Waals surface area (Å²) in [6.45, 7) is 13.5. The summed E-state index contributed by atoms with van der Waals surface area (Å²) in [6.07, 6.45) is 11.0. The van der Waals surface area contributed by atoms with Crippen LogP contribution in [0.5, 0.6) is 0 Å². The number of carbonyl (C=O) groups is 2. The topological polar surface area (TPSA) is 65.1 Å². The zero-order chi connectivity index (χ0) is 27.0. The lowest BCUT2D eigenvalue weighted by molar-refractivity contribution is -0.150. The third-order valence-electron chi connectivity index (χ3n) is 11.6. The minimum absolute atomic E-state index is 0.117. The Bertz CT molecular complexity index is 922. The molecule has 7 fully saturated rings. The number of likely N-dealkylation sites (tertiary alicyclic amines) is 1. The molecular formula is C31H50BNO5. The van der Waals surface area contributed by atoms with Crippen molar-refractivity contribution in [2.75, 3.05) is 6.54 Å². The standard InChI is InChI=1S/C31H50BNO5/c1-18-13-20(14-18)23-17-33(29(35)36-30(2,3)4)26(27(34)19-9-7-10-19)22(23)11-8-12-32-37-25-16-21-15-24(28(25)38-32)31(21,5)6/h18-26,28H,7-17H2,1-6H3/t18?,20?,21?,22?,23-,24?,25?,26?,28?/m1/s1. The smallest absolute Gasteiger partial charge is 0.444 e. The third-order valence-corrected chi connectivity index (χ3v) is 11.6. The van der Waals surface area contributed by atoms with Gasteiger partial charge in [-0.1, -0.05) is 33.6 Å². The van der Waals surface area contributed by atoms with Crippen LogP contribution in [0.3, 0.4) is 0 Å². The Morgan fingerprint density at radius 1 is 1.08 bits per heavy atom. The van der Waals surface area contributed by atoms with Gasteiger partial charge in [-0.15, -0.1) is 0 Å². The average molecular weight is 528 g/mol. The molecule has 5 aliphatic carbocycles. The molecular weight excluding hydrogens is 477 g/mol. The maximum atomic E-state index is 13.9. The first-order valence-corrected chi connectivity index (χ1v) is 15.8. The van der Waals surface area contributed by atoms with Crippen LogP contribution in [0, 0.1) is 46.8 Å². The van der Waals surface area contributed by atoms with Gasteiger partial charge in [0.15, 0.2) is 5.78 Å². The van der Waals surface area contributed by atoms with E-state index in [0.29, 0.717) is 35.5 Å². The zero-order valence-corrected chi connectivity index (χ0v) is 24.6. The van der Waals surface area contributed by atoms with Crippen molar-refractivity contribution in [3.05, 3.63) is 0 Å². The molecule has 0 aromatic rings. The van der Waals surface area contributed by atoms with E-state index < -0.39 is 5.60 Å². The highest BCUT2D eigenvalue weighted by Crippen LogP contribution is 2.61. The van der Waals surface area contributed by atoms with E-state index in [9.17, 15) is 9.59 Å². The zero-order valence-electron chi connectivity index (χ0n) is 24.6. The van der Waals surface area contributed by atoms with Gasteiger partial charge in [0, 0.05) is 12.5 Å². The summed E-state index contributed by atoms with van der Waals surface area (Å²) in [6, 6.07) is -0.336. The molecule has 7 heteroatoms. The highest BCUT2D eigenvalue weighted by molar-refractivity contribution is 6.45. The Morgan fingerprint density at radius 3 is 2.42 bits per heavy atom. The van der Waals surface area contributed by atoms with E-state index in [-0.39, 0.29) is 43.3 Å². The molecule has 2 bridgehead atoms. The van der Waals surface area contributed by atoms with Crippen LogP contribution < -0.4 is 0 Å². The number of Topliss-reactive ketones (excluding diaryl/α,β-unsaturated/α-hetero) is 1. The summed E-state index contributed by atoms with van der Waals surface area (Å²) in [5.74, 6) is 3.76. The van der Waals surface area contributed by atoms with E-state index in [1.54, 1.807) is 0 Å². The van der Waals surface area contributed by atoms with Gasteiger partial charge in [-0.05, 0) is 113 Å². The second kappa shape index (κ2) is 9.78. The second-order valence-corrected chi connectivity index (χ2v) is 15.5. The number of hydrogen-bond acceptors (Lipinski definition) is 5. The summed E-state index contributed by atoms with van der Waals surface area (Å²) >= 11 is 0. The highest BCUT2D eigenvalue weighted by Gasteiger charge is 2.62. The first kappa shape index (κ1) is 27.1. The fraction of sp³-hybridized carbons (Fsp3) is 0.935. The Balaban J connectivity index is 1.14. The molecule has 2 heterocycles. The molecule has 0 aromatic heterocycles. The van der Waals surface area contributed by atoms with Crippen LogP contribution in [0.25, 0.3) is 0 Å². The summed E-state index contributed by atoms with van der Waals surface area (Å²) in [5, 5.41) is 0. The Hall–Kier alpha value is -1.08. The van der Waals surface area contributed by atoms with Gasteiger partial charge in [0.05, 0.1) is 18.2 Å². The summed E-state index contributed by atoms with van der Waals surface area (Å²) in [7, 11) is -0.119. The molecule has 1 amide bonds. The van der Waals surface area contributed by atoms with Crippen LogP contribution >= 0.6 is 0 Å². The van der Waals surface area contributed by atoms with Crippen LogP contribution in [0.2, 0.25) is 6.32 Å². The van der Waals surface area contributed by atoms with Gasteiger partial charge in [-0.3, -0.25) is 9.69 Å². The third kappa shape index (κ3) is 4.76. The first-order valence-electron chi connectivity index (χ1n) is 15.8. The van der Waals surface area contributed by atoms with Crippen LogP contribution in [0.4, 0.5) is 4.79 Å². The van der Waals surface area contributed by atoms with Gasteiger partial charge in [0.1, 0.15) is 5.60 Å². The van der Waals surface area contributed by atoms with Crippen molar-refractivity contribution in [3.63, 3.8) is 0 Å².